The quantitative estimate of drug-likeness (QED) is 0.480. The molecule has 25 heavy (non-hydrogen) atoms. The number of nitrogens with one attached hydrogen (secondary N) is 1. The third kappa shape index (κ3) is 5.21. The predicted octanol–water partition coefficient (Wildman–Crippen LogP) is 4.03. The number of thiazole rings is 1. The minimum atomic E-state index is 0.0617. The number of hydrogen-bond acceptors (Lipinski definition) is 5. The van der Waals surface area contributed by atoms with E-state index >= 15 is 0 Å². The molecule has 0 aliphatic carbocycles. The maximum Gasteiger partial charge on any atom is 0.230 e. The van der Waals surface area contributed by atoms with Crippen LogP contribution in [0.1, 0.15) is 6.42 Å². The number of amides is 1. The summed E-state index contributed by atoms with van der Waals surface area (Å²) in [6.07, 6.45) is 0.920. The average molecular weight is 372 g/mol. The van der Waals surface area contributed by atoms with Gasteiger partial charge in [-0.2, -0.15) is 0 Å². The molecule has 3 rings (SSSR count). The fourth-order valence-corrected chi connectivity index (χ4v) is 4.35. The molecule has 1 aromatic heterocycles. The average Bonchev–Trinajstić information content (AvgIpc) is 3.07. The normalized spacial score (nSPS) is 10.8. The monoisotopic (exact) mass is 371 g/mol. The number of carbonyl (C=O) groups is 1. The van der Waals surface area contributed by atoms with Gasteiger partial charge in [0.2, 0.25) is 5.91 Å². The minimum absolute atomic E-state index is 0.0617. The lowest BCUT2D eigenvalue weighted by molar-refractivity contribution is -0.118. The molecule has 0 spiro atoms. The van der Waals surface area contributed by atoms with Crippen LogP contribution in [0.2, 0.25) is 0 Å². The Hall–Kier alpha value is -2.05. The van der Waals surface area contributed by atoms with Gasteiger partial charge in [0, 0.05) is 25.8 Å². The number of thioether (sulfide) groups is 1. The van der Waals surface area contributed by atoms with Crippen LogP contribution in [0.15, 0.2) is 58.9 Å². The van der Waals surface area contributed by atoms with Gasteiger partial charge in [-0.05, 0) is 30.7 Å². The van der Waals surface area contributed by atoms with E-state index in [1.807, 2.05) is 36.4 Å². The summed E-state index contributed by atoms with van der Waals surface area (Å²) in [6.45, 7) is 1.60. The molecule has 0 bridgehead atoms. The van der Waals surface area contributed by atoms with Gasteiger partial charge in [0.15, 0.2) is 4.34 Å². The lowest BCUT2D eigenvalue weighted by atomic mass is 10.3. The molecule has 1 N–H and O–H groups in total. The first-order valence-corrected chi connectivity index (χ1v) is 10.0. The molecule has 0 aliphatic rings. The van der Waals surface area contributed by atoms with Crippen molar-refractivity contribution in [1.29, 1.82) is 0 Å². The zero-order valence-electron chi connectivity index (χ0n) is 14.1. The molecule has 1 heterocycles. The zero-order valence-corrected chi connectivity index (χ0v) is 15.8. The molecule has 0 saturated heterocycles. The van der Waals surface area contributed by atoms with Gasteiger partial charge in [0.25, 0.3) is 0 Å². The number of rotatable bonds is 8. The second kappa shape index (κ2) is 8.87. The van der Waals surface area contributed by atoms with Crippen molar-refractivity contribution in [1.82, 2.24) is 10.3 Å². The lowest BCUT2D eigenvalue weighted by Crippen LogP contribution is -2.29. The van der Waals surface area contributed by atoms with Crippen LogP contribution in [0.4, 0.5) is 5.69 Å². The molecule has 0 fully saturated rings. The van der Waals surface area contributed by atoms with Crippen LogP contribution in [0, 0.1) is 0 Å². The fraction of sp³-hybridized carbons (Fsp3) is 0.263. The van der Waals surface area contributed by atoms with Crippen LogP contribution in [0.25, 0.3) is 10.2 Å². The highest BCUT2D eigenvalue weighted by atomic mass is 32.2. The molecule has 4 nitrogen and oxygen atoms in total. The first-order chi connectivity index (χ1) is 12.2. The van der Waals surface area contributed by atoms with E-state index in [4.69, 9.17) is 0 Å². The molecule has 0 saturated carbocycles. The first-order valence-electron chi connectivity index (χ1n) is 8.23. The SMILES string of the molecule is CN(CCCNC(=O)CSc1nc2ccccc2s1)c1ccccc1. The van der Waals surface area contributed by atoms with E-state index in [0.717, 1.165) is 27.5 Å². The number of fused-ring (bicyclic) bond motifs is 1. The summed E-state index contributed by atoms with van der Waals surface area (Å²) in [5, 5.41) is 2.98. The molecule has 0 unspecified atom stereocenters. The van der Waals surface area contributed by atoms with Gasteiger partial charge in [-0.25, -0.2) is 4.98 Å². The molecule has 1 amide bonds. The Balaban J connectivity index is 1.35. The maximum atomic E-state index is 12.0. The second-order valence-electron chi connectivity index (χ2n) is 5.70. The van der Waals surface area contributed by atoms with Crippen molar-refractivity contribution in [2.45, 2.75) is 10.8 Å². The highest BCUT2D eigenvalue weighted by Crippen LogP contribution is 2.28. The largest absolute Gasteiger partial charge is 0.375 e. The van der Waals surface area contributed by atoms with Crippen LogP contribution in [-0.2, 0) is 4.79 Å². The molecule has 130 valence electrons. The Morgan fingerprint density at radius 3 is 2.72 bits per heavy atom. The van der Waals surface area contributed by atoms with Crippen molar-refractivity contribution in [3.8, 4) is 0 Å². The van der Waals surface area contributed by atoms with Crippen LogP contribution in [0.5, 0.6) is 0 Å². The third-order valence-electron chi connectivity index (χ3n) is 3.79. The van der Waals surface area contributed by atoms with E-state index in [2.05, 4.69) is 40.4 Å². The molecule has 6 heteroatoms. The molecular weight excluding hydrogens is 350 g/mol. The Kier molecular flexibility index (Phi) is 6.30. The Labute approximate surface area is 156 Å². The Morgan fingerprint density at radius 1 is 1.16 bits per heavy atom. The maximum absolute atomic E-state index is 12.0. The fourth-order valence-electron chi connectivity index (χ4n) is 2.45. The summed E-state index contributed by atoms with van der Waals surface area (Å²) in [6, 6.07) is 18.3. The lowest BCUT2D eigenvalue weighted by Gasteiger charge is -2.19. The van der Waals surface area contributed by atoms with E-state index in [1.54, 1.807) is 11.3 Å². The molecule has 2 aromatic carbocycles. The van der Waals surface area contributed by atoms with Crippen molar-refractivity contribution in [3.63, 3.8) is 0 Å². The number of para-hydroxylation sites is 2. The summed E-state index contributed by atoms with van der Waals surface area (Å²) >= 11 is 3.13. The topological polar surface area (TPSA) is 45.2 Å². The van der Waals surface area contributed by atoms with Crippen LogP contribution in [-0.4, -0.2) is 36.8 Å². The molecule has 0 radical (unpaired) electrons. The summed E-state index contributed by atoms with van der Waals surface area (Å²) in [5.41, 5.74) is 2.19. The van der Waals surface area contributed by atoms with Crippen molar-refractivity contribution in [2.75, 3.05) is 30.8 Å². The molecule has 0 atom stereocenters. The second-order valence-corrected chi connectivity index (χ2v) is 7.95. The van der Waals surface area contributed by atoms with Crippen molar-refractivity contribution < 1.29 is 4.79 Å². The van der Waals surface area contributed by atoms with Crippen molar-refractivity contribution in [2.24, 2.45) is 0 Å². The Bertz CT molecular complexity index is 787. The number of anilines is 1. The van der Waals surface area contributed by atoms with Gasteiger partial charge in [0.05, 0.1) is 16.0 Å². The summed E-state index contributed by atoms with van der Waals surface area (Å²) < 4.78 is 2.11. The zero-order chi connectivity index (χ0) is 17.5. The number of aromatic nitrogens is 1. The van der Waals surface area contributed by atoms with Crippen molar-refractivity contribution >= 4 is 44.9 Å². The molecule has 0 aliphatic heterocycles. The van der Waals surface area contributed by atoms with Gasteiger partial charge in [0.1, 0.15) is 0 Å². The van der Waals surface area contributed by atoms with Gasteiger partial charge in [-0.1, -0.05) is 42.1 Å². The molecular formula is C19H21N3OS2. The number of carbonyl (C=O) groups excluding carboxylic acids is 1. The van der Waals surface area contributed by atoms with Crippen molar-refractivity contribution in [3.05, 3.63) is 54.6 Å². The highest BCUT2D eigenvalue weighted by Gasteiger charge is 2.07. The van der Waals surface area contributed by atoms with Crippen LogP contribution < -0.4 is 10.2 Å². The van der Waals surface area contributed by atoms with Gasteiger partial charge in [-0.3, -0.25) is 4.79 Å². The summed E-state index contributed by atoms with van der Waals surface area (Å²) in [4.78, 5) is 18.7. The minimum Gasteiger partial charge on any atom is -0.375 e. The summed E-state index contributed by atoms with van der Waals surface area (Å²) in [7, 11) is 2.07. The van der Waals surface area contributed by atoms with Gasteiger partial charge in [-0.15, -0.1) is 11.3 Å². The van der Waals surface area contributed by atoms with Gasteiger partial charge < -0.3 is 10.2 Å². The number of nitrogens with zero attached hydrogens (tertiary/aromatic N) is 2. The Morgan fingerprint density at radius 2 is 1.92 bits per heavy atom. The third-order valence-corrected chi connectivity index (χ3v) is 5.97. The van der Waals surface area contributed by atoms with Crippen LogP contribution in [0.3, 0.4) is 0 Å². The van der Waals surface area contributed by atoms with E-state index in [0.29, 0.717) is 12.3 Å². The van der Waals surface area contributed by atoms with E-state index in [-0.39, 0.29) is 5.91 Å². The van der Waals surface area contributed by atoms with E-state index in [1.165, 1.54) is 17.4 Å². The summed E-state index contributed by atoms with van der Waals surface area (Å²) in [5.74, 6) is 0.473. The van der Waals surface area contributed by atoms with E-state index in [9.17, 15) is 4.79 Å². The standard InChI is InChI=1S/C19H21N3OS2/c1-22(15-8-3-2-4-9-15)13-7-12-20-18(23)14-24-19-21-16-10-5-6-11-17(16)25-19/h2-6,8-11H,7,12-14H2,1H3,(H,20,23). The van der Waals surface area contributed by atoms with Crippen LogP contribution >= 0.6 is 23.1 Å². The highest BCUT2D eigenvalue weighted by molar-refractivity contribution is 8.01. The predicted molar refractivity (Wildman–Crippen MR) is 108 cm³/mol. The smallest absolute Gasteiger partial charge is 0.230 e. The van der Waals surface area contributed by atoms with Gasteiger partial charge >= 0.3 is 0 Å². The number of benzene rings is 2. The first kappa shape index (κ1) is 17.8. The van der Waals surface area contributed by atoms with E-state index < -0.39 is 0 Å². The number of hydrogen-bond donors (Lipinski definition) is 1. The molecule has 3 aromatic rings.